The first-order valence-electron chi connectivity index (χ1n) is 13.4. The van der Waals surface area contributed by atoms with Gasteiger partial charge in [0.05, 0.1) is 0 Å². The lowest BCUT2D eigenvalue weighted by molar-refractivity contribution is -0.343. The molecular weight excluding hydrogens is 598 g/mol. The maximum atomic E-state index is 12.3. The zero-order valence-corrected chi connectivity index (χ0v) is 25.2. The molecule has 1 unspecified atom stereocenters. The van der Waals surface area contributed by atoms with Crippen LogP contribution >= 0.6 is 0 Å². The maximum Gasteiger partial charge on any atom is 0.303 e. The van der Waals surface area contributed by atoms with Gasteiger partial charge in [-0.05, 0) is 0 Å². The fourth-order valence-electron chi connectivity index (χ4n) is 4.60. The molecule has 2 rings (SSSR count). The molecule has 0 radical (unpaired) electrons. The molecule has 0 spiro atoms. The summed E-state index contributed by atoms with van der Waals surface area (Å²) in [5.74, 6) is -5.65. The third kappa shape index (κ3) is 10.7. The highest BCUT2D eigenvalue weighted by Gasteiger charge is 2.56. The molecule has 44 heavy (non-hydrogen) atoms. The molecule has 18 heteroatoms. The van der Waals surface area contributed by atoms with Crippen molar-refractivity contribution < 1.29 is 81.3 Å². The highest BCUT2D eigenvalue weighted by atomic mass is 16.7. The standard InChI is InChI=1S/C26H37NO17/c1-10(28)27-19-22(39-14(5)32)20(38-13(4)31)18(9-37-12(3)30)43-26(19)44-21-17(8-36-11(2)29)42-25(35)24(41-16(7)34)23(21)40-15(6)33/h17-26,35H,8-9H2,1-7H3,(H,27,28)/t17-,18-,19+,20+,21-,22-,23+,24-,25?,26+/m1/s1. The minimum absolute atomic E-state index is 0.544. The van der Waals surface area contributed by atoms with Gasteiger partial charge in [-0.3, -0.25) is 33.6 Å². The van der Waals surface area contributed by atoms with E-state index in [-0.39, 0.29) is 0 Å². The Morgan fingerprint density at radius 3 is 1.45 bits per heavy atom. The fourth-order valence-corrected chi connectivity index (χ4v) is 4.60. The van der Waals surface area contributed by atoms with Crippen molar-refractivity contribution in [2.24, 2.45) is 0 Å². The van der Waals surface area contributed by atoms with Crippen molar-refractivity contribution in [3.05, 3.63) is 0 Å². The third-order valence-corrected chi connectivity index (χ3v) is 6.03. The van der Waals surface area contributed by atoms with Crippen LogP contribution < -0.4 is 5.32 Å². The summed E-state index contributed by atoms with van der Waals surface area (Å²) in [6, 6.07) is -1.44. The Hall–Kier alpha value is -3.87. The van der Waals surface area contributed by atoms with Gasteiger partial charge in [-0.15, -0.1) is 0 Å². The summed E-state index contributed by atoms with van der Waals surface area (Å²) in [6.45, 7) is 6.36. The van der Waals surface area contributed by atoms with E-state index in [1.54, 1.807) is 0 Å². The molecule has 0 aromatic rings. The van der Waals surface area contributed by atoms with E-state index in [0.717, 1.165) is 48.5 Å². The number of nitrogens with one attached hydrogen (secondary N) is 1. The zero-order chi connectivity index (χ0) is 33.3. The van der Waals surface area contributed by atoms with Gasteiger partial charge in [-0.25, -0.2) is 0 Å². The first-order valence-corrected chi connectivity index (χ1v) is 13.4. The van der Waals surface area contributed by atoms with Crippen LogP contribution in [0.1, 0.15) is 48.5 Å². The van der Waals surface area contributed by atoms with E-state index >= 15 is 0 Å². The second-order valence-corrected chi connectivity index (χ2v) is 9.84. The van der Waals surface area contributed by atoms with Crippen molar-refractivity contribution in [1.82, 2.24) is 5.32 Å². The number of ether oxygens (including phenoxy) is 9. The monoisotopic (exact) mass is 635 g/mol. The molecule has 0 aromatic heterocycles. The third-order valence-electron chi connectivity index (χ3n) is 6.03. The lowest BCUT2D eigenvalue weighted by atomic mass is 9.94. The van der Waals surface area contributed by atoms with Crippen LogP contribution in [0.5, 0.6) is 0 Å². The summed E-state index contributed by atoms with van der Waals surface area (Å²) in [5.41, 5.74) is 0. The van der Waals surface area contributed by atoms with E-state index in [0.29, 0.717) is 0 Å². The SMILES string of the molecule is CC(=O)N[C@@H]1[C@H](O[C@H]2[C@H](OC(C)=O)[C@@H](OC(C)=O)C(O)O[C@@H]2COC(C)=O)O[C@H](COC(C)=O)[C@H](OC(C)=O)[C@@H]1OC(C)=O. The summed E-state index contributed by atoms with van der Waals surface area (Å²) >= 11 is 0. The van der Waals surface area contributed by atoms with Gasteiger partial charge in [-0.1, -0.05) is 0 Å². The molecule has 0 aliphatic carbocycles. The topological polar surface area (TPSA) is 235 Å². The van der Waals surface area contributed by atoms with Crippen LogP contribution in [0, 0.1) is 0 Å². The van der Waals surface area contributed by atoms with Gasteiger partial charge in [-0.2, -0.15) is 0 Å². The molecule has 0 aromatic carbocycles. The Labute approximate surface area is 251 Å². The molecule has 248 valence electrons. The molecule has 18 nitrogen and oxygen atoms in total. The van der Waals surface area contributed by atoms with E-state index in [1.165, 1.54) is 0 Å². The quantitative estimate of drug-likeness (QED) is 0.188. The highest BCUT2D eigenvalue weighted by Crippen LogP contribution is 2.33. The molecule has 1 amide bonds. The van der Waals surface area contributed by atoms with Gasteiger partial charge in [0, 0.05) is 48.5 Å². The largest absolute Gasteiger partial charge is 0.463 e. The van der Waals surface area contributed by atoms with E-state index in [9.17, 15) is 38.7 Å². The van der Waals surface area contributed by atoms with Crippen molar-refractivity contribution in [2.45, 2.75) is 110 Å². The first-order chi connectivity index (χ1) is 20.5. The van der Waals surface area contributed by atoms with Crippen molar-refractivity contribution in [3.63, 3.8) is 0 Å². The van der Waals surface area contributed by atoms with Crippen LogP contribution in [-0.4, -0.2) is 121 Å². The Bertz CT molecular complexity index is 1090. The molecule has 2 fully saturated rings. The number of carbonyl (C=O) groups excluding carboxylic acids is 7. The van der Waals surface area contributed by atoms with Crippen LogP contribution in [0.2, 0.25) is 0 Å². The van der Waals surface area contributed by atoms with Crippen LogP contribution in [-0.2, 0) is 76.2 Å². The van der Waals surface area contributed by atoms with E-state index in [2.05, 4.69) is 5.32 Å². The molecular formula is C26H37NO17. The normalized spacial score (nSPS) is 31.5. The average molecular weight is 636 g/mol. The molecule has 0 saturated carbocycles. The summed E-state index contributed by atoms with van der Waals surface area (Å²) in [4.78, 5) is 83.7. The lowest BCUT2D eigenvalue weighted by Gasteiger charge is -2.48. The van der Waals surface area contributed by atoms with E-state index in [1.807, 2.05) is 0 Å². The molecule has 2 aliphatic rings. The fraction of sp³-hybridized carbons (Fsp3) is 0.731. The molecule has 2 aliphatic heterocycles. The first kappa shape index (κ1) is 36.3. The Morgan fingerprint density at radius 2 is 1.00 bits per heavy atom. The second kappa shape index (κ2) is 16.3. The number of hydrogen-bond donors (Lipinski definition) is 2. The van der Waals surface area contributed by atoms with Crippen molar-refractivity contribution in [1.29, 1.82) is 0 Å². The molecule has 2 N–H and O–H groups in total. The van der Waals surface area contributed by atoms with Crippen molar-refractivity contribution in [2.75, 3.05) is 13.2 Å². The van der Waals surface area contributed by atoms with Gasteiger partial charge in [0.25, 0.3) is 0 Å². The van der Waals surface area contributed by atoms with Crippen LogP contribution in [0.3, 0.4) is 0 Å². The number of aliphatic hydroxyl groups is 1. The molecule has 10 atom stereocenters. The van der Waals surface area contributed by atoms with Crippen LogP contribution in [0.4, 0.5) is 0 Å². The number of amides is 1. The minimum atomic E-state index is -1.89. The second-order valence-electron chi connectivity index (χ2n) is 9.84. The predicted molar refractivity (Wildman–Crippen MR) is 138 cm³/mol. The number of aliphatic hydroxyl groups excluding tert-OH is 1. The summed E-state index contributed by atoms with van der Waals surface area (Å²) in [7, 11) is 0. The molecule has 2 saturated heterocycles. The number of rotatable bonds is 11. The van der Waals surface area contributed by atoms with Crippen LogP contribution in [0.15, 0.2) is 0 Å². The smallest absolute Gasteiger partial charge is 0.303 e. The maximum absolute atomic E-state index is 12.3. The van der Waals surface area contributed by atoms with Gasteiger partial charge in [0.1, 0.15) is 37.6 Å². The molecule has 0 bridgehead atoms. The van der Waals surface area contributed by atoms with Gasteiger partial charge >= 0.3 is 35.8 Å². The average Bonchev–Trinajstić information content (AvgIpc) is 2.87. The Morgan fingerprint density at radius 1 is 0.568 bits per heavy atom. The Balaban J connectivity index is 2.66. The Kier molecular flexibility index (Phi) is 13.4. The summed E-state index contributed by atoms with van der Waals surface area (Å²) in [6.07, 6.45) is -14.1. The van der Waals surface area contributed by atoms with Crippen molar-refractivity contribution >= 4 is 41.7 Å². The van der Waals surface area contributed by atoms with Gasteiger partial charge in [0.15, 0.2) is 37.0 Å². The lowest BCUT2D eigenvalue weighted by Crippen LogP contribution is -2.69. The van der Waals surface area contributed by atoms with Crippen LogP contribution in [0.25, 0.3) is 0 Å². The van der Waals surface area contributed by atoms with Gasteiger partial charge < -0.3 is 53.1 Å². The van der Waals surface area contributed by atoms with Crippen molar-refractivity contribution in [3.8, 4) is 0 Å². The summed E-state index contributed by atoms with van der Waals surface area (Å²) in [5, 5.41) is 13.1. The number of carbonyl (C=O) groups is 7. The summed E-state index contributed by atoms with van der Waals surface area (Å²) < 4.78 is 49.1. The van der Waals surface area contributed by atoms with Gasteiger partial charge in [0.2, 0.25) is 5.91 Å². The zero-order valence-electron chi connectivity index (χ0n) is 25.2. The predicted octanol–water partition coefficient (Wildman–Crippen LogP) is -1.83. The highest BCUT2D eigenvalue weighted by molar-refractivity contribution is 5.74. The minimum Gasteiger partial charge on any atom is -0.463 e. The van der Waals surface area contributed by atoms with E-state index < -0.39 is 116 Å². The molecule has 2 heterocycles. The number of hydrogen-bond acceptors (Lipinski definition) is 17. The number of esters is 6. The van der Waals surface area contributed by atoms with E-state index in [4.69, 9.17) is 42.6 Å².